The molecule has 0 aromatic heterocycles. The Bertz CT molecular complexity index is 819. The van der Waals surface area contributed by atoms with E-state index < -0.39 is 10.0 Å². The van der Waals surface area contributed by atoms with E-state index in [1.165, 1.54) is 6.42 Å². The minimum atomic E-state index is -3.52. The van der Waals surface area contributed by atoms with E-state index in [1.54, 1.807) is 16.4 Å². The number of rotatable bonds is 6. The van der Waals surface area contributed by atoms with Crippen molar-refractivity contribution >= 4 is 27.3 Å². The van der Waals surface area contributed by atoms with Gasteiger partial charge in [-0.15, -0.1) is 0 Å². The zero-order valence-electron chi connectivity index (χ0n) is 17.9. The normalized spacial score (nSPS) is 21.1. The average Bonchev–Trinajstić information content (AvgIpc) is 2.72. The van der Waals surface area contributed by atoms with Gasteiger partial charge in [0, 0.05) is 39.8 Å². The summed E-state index contributed by atoms with van der Waals surface area (Å²) < 4.78 is 27.7. The van der Waals surface area contributed by atoms with Crippen LogP contribution < -0.4 is 10.2 Å². The number of sulfonamides is 1. The van der Waals surface area contributed by atoms with Crippen LogP contribution in [0.1, 0.15) is 45.4 Å². The third-order valence-corrected chi connectivity index (χ3v) is 7.85. The van der Waals surface area contributed by atoms with Gasteiger partial charge in [0.25, 0.3) is 0 Å². The second-order valence-electron chi connectivity index (χ2n) is 8.32. The molecule has 0 spiro atoms. The van der Waals surface area contributed by atoms with E-state index in [9.17, 15) is 13.2 Å². The molecule has 2 aliphatic heterocycles. The molecule has 8 heteroatoms. The van der Waals surface area contributed by atoms with Crippen LogP contribution in [0.5, 0.6) is 0 Å². The summed E-state index contributed by atoms with van der Waals surface area (Å²) in [5, 5.41) is 3.21. The molecule has 3 rings (SSSR count). The van der Waals surface area contributed by atoms with Gasteiger partial charge in [-0.1, -0.05) is 6.42 Å². The summed E-state index contributed by atoms with van der Waals surface area (Å²) in [6, 6.07) is 5.41. The zero-order valence-corrected chi connectivity index (χ0v) is 18.7. The third-order valence-electron chi connectivity index (χ3n) is 5.96. The molecule has 1 aromatic rings. The largest absolute Gasteiger partial charge is 0.376 e. The van der Waals surface area contributed by atoms with Crippen molar-refractivity contribution in [2.75, 3.05) is 50.5 Å². The molecule has 1 N–H and O–H groups in total. The lowest BCUT2D eigenvalue weighted by Crippen LogP contribution is -2.44. The van der Waals surface area contributed by atoms with Crippen LogP contribution in [0, 0.1) is 0 Å². The second-order valence-corrected chi connectivity index (χ2v) is 10.3. The number of likely N-dealkylation sites (tertiary alicyclic amines) is 1. The number of hydrogen-bond acceptors (Lipinski definition) is 5. The Balaban J connectivity index is 1.79. The maximum Gasteiger partial charge on any atom is 0.243 e. The maximum atomic E-state index is 13.1. The summed E-state index contributed by atoms with van der Waals surface area (Å²) in [6.07, 6.45) is 6.14. The van der Waals surface area contributed by atoms with Crippen LogP contribution in [-0.2, 0) is 14.8 Å². The third kappa shape index (κ3) is 5.04. The minimum absolute atomic E-state index is 0.0613. The van der Waals surface area contributed by atoms with E-state index in [4.69, 9.17) is 0 Å². The van der Waals surface area contributed by atoms with Gasteiger partial charge in [-0.3, -0.25) is 4.79 Å². The second kappa shape index (κ2) is 9.34. The Morgan fingerprint density at radius 3 is 2.45 bits per heavy atom. The van der Waals surface area contributed by atoms with Gasteiger partial charge < -0.3 is 15.1 Å². The summed E-state index contributed by atoms with van der Waals surface area (Å²) in [5.74, 6) is 0.0613. The molecule has 1 atom stereocenters. The van der Waals surface area contributed by atoms with Crippen molar-refractivity contribution in [1.82, 2.24) is 9.21 Å². The van der Waals surface area contributed by atoms with Gasteiger partial charge in [-0.2, -0.15) is 4.31 Å². The Labute approximate surface area is 175 Å². The Kier molecular flexibility index (Phi) is 7.05. The summed E-state index contributed by atoms with van der Waals surface area (Å²) in [6.45, 7) is 4.20. The first-order valence-corrected chi connectivity index (χ1v) is 12.1. The van der Waals surface area contributed by atoms with E-state index in [2.05, 4.69) is 12.2 Å². The van der Waals surface area contributed by atoms with Gasteiger partial charge >= 0.3 is 0 Å². The highest BCUT2D eigenvalue weighted by atomic mass is 32.2. The van der Waals surface area contributed by atoms with E-state index in [0.29, 0.717) is 18.8 Å². The first-order chi connectivity index (χ1) is 13.8. The maximum absolute atomic E-state index is 13.1. The first-order valence-electron chi connectivity index (χ1n) is 10.7. The van der Waals surface area contributed by atoms with E-state index in [1.807, 2.05) is 30.0 Å². The average molecular weight is 423 g/mol. The molecule has 2 heterocycles. The molecule has 0 bridgehead atoms. The summed E-state index contributed by atoms with van der Waals surface area (Å²) in [4.78, 5) is 16.9. The van der Waals surface area contributed by atoms with Crippen molar-refractivity contribution in [2.45, 2.75) is 56.4 Å². The molecule has 29 heavy (non-hydrogen) atoms. The topological polar surface area (TPSA) is 73.0 Å². The number of carbonyl (C=O) groups excluding carboxylic acids is 1. The van der Waals surface area contributed by atoms with Crippen LogP contribution in [0.4, 0.5) is 11.4 Å². The van der Waals surface area contributed by atoms with Crippen LogP contribution in [0.15, 0.2) is 23.1 Å². The van der Waals surface area contributed by atoms with E-state index >= 15 is 0 Å². The molecule has 1 unspecified atom stereocenters. The number of nitrogens with zero attached hydrogens (tertiary/aromatic N) is 3. The lowest BCUT2D eigenvalue weighted by atomic mass is 10.0. The Morgan fingerprint density at radius 1 is 1.10 bits per heavy atom. The summed E-state index contributed by atoms with van der Waals surface area (Å²) >= 11 is 0. The number of anilines is 2. The van der Waals surface area contributed by atoms with Crippen molar-refractivity contribution < 1.29 is 13.2 Å². The van der Waals surface area contributed by atoms with Crippen LogP contribution in [0.3, 0.4) is 0 Å². The van der Waals surface area contributed by atoms with Crippen molar-refractivity contribution in [3.63, 3.8) is 0 Å². The number of nitrogens with one attached hydrogen (secondary N) is 1. The molecule has 0 aliphatic carbocycles. The molecule has 7 nitrogen and oxygen atoms in total. The monoisotopic (exact) mass is 422 g/mol. The fourth-order valence-electron chi connectivity index (χ4n) is 4.20. The molecule has 1 aromatic carbocycles. The van der Waals surface area contributed by atoms with Crippen molar-refractivity contribution in [3.05, 3.63) is 18.2 Å². The zero-order chi connectivity index (χ0) is 21.0. The predicted octanol–water partition coefficient (Wildman–Crippen LogP) is 2.74. The van der Waals surface area contributed by atoms with Gasteiger partial charge in [0.15, 0.2) is 0 Å². The summed E-state index contributed by atoms with van der Waals surface area (Å²) in [5.41, 5.74) is 1.54. The standard InChI is InChI=1S/C21H34N4O3S/c1-17-9-5-8-14-25(17)21(26)16-22-19-15-18(10-11-20(19)23(2)3)29(27,28)24-12-6-4-7-13-24/h10-11,15,17,22H,4-9,12-14,16H2,1-3H3. The lowest BCUT2D eigenvalue weighted by Gasteiger charge is -2.33. The van der Waals surface area contributed by atoms with Gasteiger partial charge in [0.2, 0.25) is 15.9 Å². The van der Waals surface area contributed by atoms with Crippen LogP contribution in [0.25, 0.3) is 0 Å². The number of amides is 1. The molecule has 1 amide bonds. The number of benzene rings is 1. The molecule has 0 radical (unpaired) electrons. The number of piperidine rings is 2. The quantitative estimate of drug-likeness (QED) is 0.763. The number of hydrogen-bond donors (Lipinski definition) is 1. The van der Waals surface area contributed by atoms with Gasteiger partial charge in [0.1, 0.15) is 0 Å². The molecular weight excluding hydrogens is 388 g/mol. The Morgan fingerprint density at radius 2 is 1.79 bits per heavy atom. The first kappa shape index (κ1) is 21.9. The smallest absolute Gasteiger partial charge is 0.243 e. The van der Waals surface area contributed by atoms with Gasteiger partial charge in [-0.05, 0) is 57.2 Å². The highest BCUT2D eigenvalue weighted by Gasteiger charge is 2.27. The van der Waals surface area contributed by atoms with Crippen LogP contribution in [-0.4, -0.2) is 69.8 Å². The molecule has 2 fully saturated rings. The van der Waals surface area contributed by atoms with Crippen molar-refractivity contribution in [2.24, 2.45) is 0 Å². The van der Waals surface area contributed by atoms with Crippen LogP contribution >= 0.6 is 0 Å². The molecule has 0 saturated carbocycles. The lowest BCUT2D eigenvalue weighted by molar-refractivity contribution is -0.132. The molecular formula is C21H34N4O3S. The van der Waals surface area contributed by atoms with E-state index in [-0.39, 0.29) is 23.4 Å². The highest BCUT2D eigenvalue weighted by Crippen LogP contribution is 2.30. The fraction of sp³-hybridized carbons (Fsp3) is 0.667. The van der Waals surface area contributed by atoms with Crippen molar-refractivity contribution in [3.8, 4) is 0 Å². The Hall–Kier alpha value is -1.80. The number of carbonyl (C=O) groups is 1. The summed E-state index contributed by atoms with van der Waals surface area (Å²) in [7, 11) is 0.306. The van der Waals surface area contributed by atoms with Gasteiger partial charge in [0.05, 0.1) is 22.8 Å². The van der Waals surface area contributed by atoms with Gasteiger partial charge in [-0.25, -0.2) is 8.42 Å². The molecule has 162 valence electrons. The predicted molar refractivity (Wildman–Crippen MR) is 117 cm³/mol. The van der Waals surface area contributed by atoms with Crippen molar-refractivity contribution in [1.29, 1.82) is 0 Å². The van der Waals surface area contributed by atoms with Crippen LogP contribution in [0.2, 0.25) is 0 Å². The molecule has 2 aliphatic rings. The van der Waals surface area contributed by atoms with E-state index in [0.717, 1.165) is 44.3 Å². The molecule has 2 saturated heterocycles. The minimum Gasteiger partial charge on any atom is -0.376 e. The highest BCUT2D eigenvalue weighted by molar-refractivity contribution is 7.89. The SMILES string of the molecule is CC1CCCCN1C(=O)CNc1cc(S(=O)(=O)N2CCCCC2)ccc1N(C)C. The fourth-order valence-corrected chi connectivity index (χ4v) is 5.75.